The monoisotopic (exact) mass is 276 g/mol. The standard InChI is InChI=1S/C17H24O3/c1-4-17(5-2)15(18)12-16(17)20-14-8-6-13(7-9-14)10-11-19-3/h6-9,16H,4-5,10-12H2,1-3H3. The van der Waals surface area contributed by atoms with Gasteiger partial charge in [-0.25, -0.2) is 0 Å². The molecular weight excluding hydrogens is 252 g/mol. The summed E-state index contributed by atoms with van der Waals surface area (Å²) in [5.74, 6) is 1.21. The molecule has 1 aromatic rings. The van der Waals surface area contributed by atoms with E-state index in [2.05, 4.69) is 26.0 Å². The molecule has 3 nitrogen and oxygen atoms in total. The SMILES string of the molecule is CCC1(CC)C(=O)CC1Oc1ccc(CCOC)cc1. The van der Waals surface area contributed by atoms with Crippen LogP contribution in [0.5, 0.6) is 5.75 Å². The molecule has 2 rings (SSSR count). The van der Waals surface area contributed by atoms with E-state index in [4.69, 9.17) is 9.47 Å². The molecule has 110 valence electrons. The second kappa shape index (κ2) is 6.40. The van der Waals surface area contributed by atoms with Crippen LogP contribution in [0, 0.1) is 5.41 Å². The molecule has 3 heteroatoms. The molecular formula is C17H24O3. The highest BCUT2D eigenvalue weighted by Crippen LogP contribution is 2.45. The molecule has 1 saturated carbocycles. The summed E-state index contributed by atoms with van der Waals surface area (Å²) >= 11 is 0. The summed E-state index contributed by atoms with van der Waals surface area (Å²) in [6.45, 7) is 4.88. The summed E-state index contributed by atoms with van der Waals surface area (Å²) in [6, 6.07) is 8.11. The van der Waals surface area contributed by atoms with Crippen molar-refractivity contribution in [1.29, 1.82) is 0 Å². The Balaban J connectivity index is 1.98. The lowest BCUT2D eigenvalue weighted by atomic mass is 9.61. The van der Waals surface area contributed by atoms with Gasteiger partial charge in [-0.2, -0.15) is 0 Å². The Kier molecular flexibility index (Phi) is 4.81. The van der Waals surface area contributed by atoms with E-state index in [9.17, 15) is 4.79 Å². The van der Waals surface area contributed by atoms with Gasteiger partial charge >= 0.3 is 0 Å². The molecule has 0 bridgehead atoms. The molecule has 0 aromatic heterocycles. The van der Waals surface area contributed by atoms with Crippen LogP contribution < -0.4 is 4.74 Å². The second-order valence-electron chi connectivity index (χ2n) is 5.48. The minimum atomic E-state index is -0.255. The van der Waals surface area contributed by atoms with E-state index in [0.29, 0.717) is 12.2 Å². The number of hydrogen-bond acceptors (Lipinski definition) is 3. The first-order valence-corrected chi connectivity index (χ1v) is 7.44. The molecule has 1 atom stereocenters. The maximum atomic E-state index is 11.9. The summed E-state index contributed by atoms with van der Waals surface area (Å²) in [5, 5.41) is 0. The van der Waals surface area contributed by atoms with Gasteiger partial charge in [0.05, 0.1) is 12.0 Å². The molecule has 1 aliphatic carbocycles. The first-order valence-electron chi connectivity index (χ1n) is 7.44. The van der Waals surface area contributed by atoms with Gasteiger partial charge in [0.1, 0.15) is 17.6 Å². The minimum absolute atomic E-state index is 0.0369. The summed E-state index contributed by atoms with van der Waals surface area (Å²) in [4.78, 5) is 11.9. The van der Waals surface area contributed by atoms with Crippen LogP contribution >= 0.6 is 0 Å². The average molecular weight is 276 g/mol. The fraction of sp³-hybridized carbons (Fsp3) is 0.588. The topological polar surface area (TPSA) is 35.5 Å². The molecule has 0 radical (unpaired) electrons. The van der Waals surface area contributed by atoms with Crippen molar-refractivity contribution in [3.63, 3.8) is 0 Å². The molecule has 0 spiro atoms. The predicted octanol–water partition coefficient (Wildman–Crippen LogP) is 3.40. The molecule has 20 heavy (non-hydrogen) atoms. The van der Waals surface area contributed by atoms with Gasteiger partial charge in [0.2, 0.25) is 0 Å². The van der Waals surface area contributed by atoms with Gasteiger partial charge in [-0.05, 0) is 37.0 Å². The van der Waals surface area contributed by atoms with Gasteiger partial charge in [-0.3, -0.25) is 4.79 Å². The van der Waals surface area contributed by atoms with Gasteiger partial charge in [-0.15, -0.1) is 0 Å². The van der Waals surface area contributed by atoms with Crippen LogP contribution in [0.2, 0.25) is 0 Å². The Hall–Kier alpha value is -1.35. The van der Waals surface area contributed by atoms with Crippen LogP contribution in [0.4, 0.5) is 0 Å². The van der Waals surface area contributed by atoms with E-state index in [-0.39, 0.29) is 11.5 Å². The van der Waals surface area contributed by atoms with Gasteiger partial charge in [-0.1, -0.05) is 26.0 Å². The van der Waals surface area contributed by atoms with Crippen molar-refractivity contribution < 1.29 is 14.3 Å². The van der Waals surface area contributed by atoms with Crippen molar-refractivity contribution in [3.8, 4) is 5.75 Å². The minimum Gasteiger partial charge on any atom is -0.489 e. The Bertz CT molecular complexity index is 446. The van der Waals surface area contributed by atoms with E-state index < -0.39 is 0 Å². The molecule has 0 amide bonds. The van der Waals surface area contributed by atoms with Gasteiger partial charge in [0.25, 0.3) is 0 Å². The Morgan fingerprint density at radius 1 is 1.20 bits per heavy atom. The quantitative estimate of drug-likeness (QED) is 0.765. The fourth-order valence-electron chi connectivity index (χ4n) is 2.99. The van der Waals surface area contributed by atoms with Crippen molar-refractivity contribution in [1.82, 2.24) is 0 Å². The van der Waals surface area contributed by atoms with Crippen LogP contribution in [-0.2, 0) is 16.0 Å². The van der Waals surface area contributed by atoms with E-state index in [1.807, 2.05) is 12.1 Å². The number of ketones is 1. The fourth-order valence-corrected chi connectivity index (χ4v) is 2.99. The molecule has 0 aliphatic heterocycles. The van der Waals surface area contributed by atoms with Crippen LogP contribution in [0.25, 0.3) is 0 Å². The smallest absolute Gasteiger partial charge is 0.146 e. The zero-order valence-corrected chi connectivity index (χ0v) is 12.6. The highest BCUT2D eigenvalue weighted by Gasteiger charge is 2.53. The van der Waals surface area contributed by atoms with E-state index >= 15 is 0 Å². The molecule has 1 fully saturated rings. The molecule has 1 aliphatic rings. The Morgan fingerprint density at radius 3 is 2.35 bits per heavy atom. The van der Waals surface area contributed by atoms with Crippen molar-refractivity contribution >= 4 is 5.78 Å². The summed E-state index contributed by atoms with van der Waals surface area (Å²) in [6.07, 6.45) is 3.21. The number of benzene rings is 1. The second-order valence-corrected chi connectivity index (χ2v) is 5.48. The van der Waals surface area contributed by atoms with Crippen LogP contribution in [-0.4, -0.2) is 25.6 Å². The first-order chi connectivity index (χ1) is 9.66. The normalized spacial score (nSPS) is 20.6. The zero-order chi connectivity index (χ0) is 14.6. The van der Waals surface area contributed by atoms with Crippen molar-refractivity contribution in [2.45, 2.75) is 45.6 Å². The number of methoxy groups -OCH3 is 1. The van der Waals surface area contributed by atoms with Crippen molar-refractivity contribution in [2.24, 2.45) is 5.41 Å². The third-order valence-electron chi connectivity index (χ3n) is 4.60. The third-order valence-corrected chi connectivity index (χ3v) is 4.60. The number of carbonyl (C=O) groups excluding carboxylic acids is 1. The highest BCUT2D eigenvalue weighted by molar-refractivity contribution is 5.92. The van der Waals surface area contributed by atoms with Crippen molar-refractivity contribution in [3.05, 3.63) is 29.8 Å². The summed E-state index contributed by atoms with van der Waals surface area (Å²) in [7, 11) is 1.71. The van der Waals surface area contributed by atoms with Gasteiger partial charge in [0.15, 0.2) is 0 Å². The van der Waals surface area contributed by atoms with Gasteiger partial charge < -0.3 is 9.47 Å². The molecule has 1 unspecified atom stereocenters. The summed E-state index contributed by atoms with van der Waals surface area (Å²) < 4.78 is 11.1. The van der Waals surface area contributed by atoms with Crippen LogP contribution in [0.1, 0.15) is 38.7 Å². The highest BCUT2D eigenvalue weighted by atomic mass is 16.5. The lowest BCUT2D eigenvalue weighted by Gasteiger charge is -2.46. The molecule has 0 heterocycles. The van der Waals surface area contributed by atoms with E-state index in [1.165, 1.54) is 5.56 Å². The number of rotatable bonds is 7. The maximum Gasteiger partial charge on any atom is 0.146 e. The number of carbonyl (C=O) groups is 1. The molecule has 0 N–H and O–H groups in total. The Labute approximate surface area is 121 Å². The lowest BCUT2D eigenvalue weighted by Crippen LogP contribution is -2.56. The van der Waals surface area contributed by atoms with E-state index in [0.717, 1.165) is 31.6 Å². The average Bonchev–Trinajstić information content (AvgIpc) is 2.47. The van der Waals surface area contributed by atoms with Crippen LogP contribution in [0.3, 0.4) is 0 Å². The zero-order valence-electron chi connectivity index (χ0n) is 12.6. The summed E-state index contributed by atoms with van der Waals surface area (Å²) in [5.41, 5.74) is 0.982. The maximum absolute atomic E-state index is 11.9. The first kappa shape index (κ1) is 15.0. The van der Waals surface area contributed by atoms with Crippen LogP contribution in [0.15, 0.2) is 24.3 Å². The third kappa shape index (κ3) is 2.73. The Morgan fingerprint density at radius 2 is 1.85 bits per heavy atom. The van der Waals surface area contributed by atoms with Gasteiger partial charge in [0, 0.05) is 13.5 Å². The molecule has 1 aromatic carbocycles. The lowest BCUT2D eigenvalue weighted by molar-refractivity contribution is -0.153. The van der Waals surface area contributed by atoms with Crippen molar-refractivity contribution in [2.75, 3.05) is 13.7 Å². The number of ether oxygens (including phenoxy) is 2. The largest absolute Gasteiger partial charge is 0.489 e. The number of Topliss-reactive ketones (excluding diaryl/α,β-unsaturated/α-hetero) is 1. The van der Waals surface area contributed by atoms with E-state index in [1.54, 1.807) is 7.11 Å². The number of hydrogen-bond donors (Lipinski definition) is 0. The predicted molar refractivity (Wildman–Crippen MR) is 79.1 cm³/mol. The molecule has 0 saturated heterocycles.